The molecule has 0 aliphatic heterocycles. The van der Waals surface area contributed by atoms with E-state index < -0.39 is 6.10 Å². The second-order valence-electron chi connectivity index (χ2n) is 3.27. The summed E-state index contributed by atoms with van der Waals surface area (Å²) in [5.74, 6) is 0. The Morgan fingerprint density at radius 2 is 1.47 bits per heavy atom. The lowest BCUT2D eigenvalue weighted by atomic mass is 10.1. The molecule has 84 valence electrons. The van der Waals surface area contributed by atoms with Crippen LogP contribution in [0.15, 0.2) is 24.3 Å². The highest BCUT2D eigenvalue weighted by atomic mass is 16.5. The number of rotatable bonds is 6. The molecule has 0 aromatic heterocycles. The standard InChI is InChI=1S/C11H16O4/c12-5-9-1-3-10(4-2-9)8-15-11(6-13)7-14/h1-4,11-14H,5-8H2. The van der Waals surface area contributed by atoms with Gasteiger partial charge in [0, 0.05) is 0 Å². The van der Waals surface area contributed by atoms with Crippen molar-refractivity contribution in [1.82, 2.24) is 0 Å². The summed E-state index contributed by atoms with van der Waals surface area (Å²) in [5.41, 5.74) is 1.79. The van der Waals surface area contributed by atoms with Crippen LogP contribution in [0.4, 0.5) is 0 Å². The van der Waals surface area contributed by atoms with Crippen LogP contribution in [0.25, 0.3) is 0 Å². The molecular formula is C11H16O4. The highest BCUT2D eigenvalue weighted by Crippen LogP contribution is 2.06. The normalized spacial score (nSPS) is 10.9. The van der Waals surface area contributed by atoms with E-state index in [0.29, 0.717) is 6.61 Å². The van der Waals surface area contributed by atoms with Gasteiger partial charge in [0.05, 0.1) is 26.4 Å². The molecule has 3 N–H and O–H groups in total. The summed E-state index contributed by atoms with van der Waals surface area (Å²) in [7, 11) is 0. The average molecular weight is 212 g/mol. The van der Waals surface area contributed by atoms with Crippen molar-refractivity contribution in [2.75, 3.05) is 13.2 Å². The number of benzene rings is 1. The summed E-state index contributed by atoms with van der Waals surface area (Å²) in [6, 6.07) is 7.31. The topological polar surface area (TPSA) is 69.9 Å². The van der Waals surface area contributed by atoms with Crippen LogP contribution in [0.2, 0.25) is 0 Å². The van der Waals surface area contributed by atoms with Gasteiger partial charge in [-0.25, -0.2) is 0 Å². The quantitative estimate of drug-likeness (QED) is 0.623. The Morgan fingerprint density at radius 1 is 0.933 bits per heavy atom. The lowest BCUT2D eigenvalue weighted by Crippen LogP contribution is -2.21. The molecule has 0 atom stereocenters. The van der Waals surface area contributed by atoms with E-state index >= 15 is 0 Å². The fourth-order valence-corrected chi connectivity index (χ4v) is 1.12. The van der Waals surface area contributed by atoms with Crippen LogP contribution in [0.5, 0.6) is 0 Å². The highest BCUT2D eigenvalue weighted by molar-refractivity contribution is 5.21. The van der Waals surface area contributed by atoms with Gasteiger partial charge in [0.2, 0.25) is 0 Å². The summed E-state index contributed by atoms with van der Waals surface area (Å²) < 4.78 is 5.24. The second-order valence-corrected chi connectivity index (χ2v) is 3.27. The SMILES string of the molecule is OCc1ccc(COC(CO)CO)cc1. The predicted molar refractivity (Wildman–Crippen MR) is 55.1 cm³/mol. The lowest BCUT2D eigenvalue weighted by Gasteiger charge is -2.12. The molecule has 0 saturated heterocycles. The summed E-state index contributed by atoms with van der Waals surface area (Å²) >= 11 is 0. The van der Waals surface area contributed by atoms with Crippen molar-refractivity contribution in [1.29, 1.82) is 0 Å². The van der Waals surface area contributed by atoms with Gasteiger partial charge in [-0.05, 0) is 11.1 Å². The van der Waals surface area contributed by atoms with Crippen LogP contribution in [0.1, 0.15) is 11.1 Å². The fraction of sp³-hybridized carbons (Fsp3) is 0.455. The van der Waals surface area contributed by atoms with E-state index in [1.54, 1.807) is 0 Å². The molecule has 0 radical (unpaired) electrons. The summed E-state index contributed by atoms with van der Waals surface area (Å²) in [4.78, 5) is 0. The molecular weight excluding hydrogens is 196 g/mol. The molecule has 0 aliphatic carbocycles. The van der Waals surface area contributed by atoms with Crippen molar-refractivity contribution >= 4 is 0 Å². The van der Waals surface area contributed by atoms with Crippen LogP contribution in [-0.4, -0.2) is 34.6 Å². The van der Waals surface area contributed by atoms with Gasteiger partial charge in [-0.3, -0.25) is 0 Å². The fourth-order valence-electron chi connectivity index (χ4n) is 1.12. The zero-order valence-corrected chi connectivity index (χ0v) is 8.47. The van der Waals surface area contributed by atoms with E-state index in [1.165, 1.54) is 0 Å². The van der Waals surface area contributed by atoms with Gasteiger partial charge in [-0.1, -0.05) is 24.3 Å². The Labute approximate surface area is 88.8 Å². The lowest BCUT2D eigenvalue weighted by molar-refractivity contribution is -0.0284. The Balaban J connectivity index is 2.43. The zero-order valence-electron chi connectivity index (χ0n) is 8.47. The maximum Gasteiger partial charge on any atom is 0.104 e. The minimum atomic E-state index is -0.525. The Bertz CT molecular complexity index is 266. The largest absolute Gasteiger partial charge is 0.394 e. The Hall–Kier alpha value is -0.940. The summed E-state index contributed by atoms with van der Waals surface area (Å²) in [5, 5.41) is 26.4. The van der Waals surface area contributed by atoms with Gasteiger partial charge in [0.1, 0.15) is 6.10 Å². The molecule has 1 aromatic rings. The molecule has 0 spiro atoms. The van der Waals surface area contributed by atoms with E-state index in [9.17, 15) is 0 Å². The Morgan fingerprint density at radius 3 is 1.93 bits per heavy atom. The van der Waals surface area contributed by atoms with Crippen molar-refractivity contribution in [3.8, 4) is 0 Å². The first-order valence-corrected chi connectivity index (χ1v) is 4.82. The molecule has 0 aliphatic rings. The zero-order chi connectivity index (χ0) is 11.1. The van der Waals surface area contributed by atoms with Crippen LogP contribution in [0.3, 0.4) is 0 Å². The number of hydrogen-bond acceptors (Lipinski definition) is 4. The highest BCUT2D eigenvalue weighted by Gasteiger charge is 2.05. The first-order valence-electron chi connectivity index (χ1n) is 4.82. The molecule has 4 nitrogen and oxygen atoms in total. The number of hydrogen-bond donors (Lipinski definition) is 3. The van der Waals surface area contributed by atoms with Gasteiger partial charge in [-0.2, -0.15) is 0 Å². The van der Waals surface area contributed by atoms with Crippen molar-refractivity contribution in [3.63, 3.8) is 0 Å². The third kappa shape index (κ3) is 3.97. The van der Waals surface area contributed by atoms with Crippen LogP contribution >= 0.6 is 0 Å². The van der Waals surface area contributed by atoms with E-state index in [0.717, 1.165) is 11.1 Å². The van der Waals surface area contributed by atoms with Gasteiger partial charge >= 0.3 is 0 Å². The second kappa shape index (κ2) is 6.53. The smallest absolute Gasteiger partial charge is 0.104 e. The van der Waals surface area contributed by atoms with E-state index in [4.69, 9.17) is 20.1 Å². The molecule has 0 bridgehead atoms. The number of aliphatic hydroxyl groups is 3. The molecule has 4 heteroatoms. The Kier molecular flexibility index (Phi) is 5.28. The molecule has 1 rings (SSSR count). The number of ether oxygens (including phenoxy) is 1. The third-order valence-electron chi connectivity index (χ3n) is 2.10. The van der Waals surface area contributed by atoms with Gasteiger partial charge in [0.15, 0.2) is 0 Å². The van der Waals surface area contributed by atoms with E-state index in [2.05, 4.69) is 0 Å². The van der Waals surface area contributed by atoms with Crippen molar-refractivity contribution in [2.24, 2.45) is 0 Å². The maximum atomic E-state index is 8.83. The number of aliphatic hydroxyl groups excluding tert-OH is 3. The van der Waals surface area contributed by atoms with Crippen LogP contribution in [-0.2, 0) is 18.0 Å². The first-order chi connectivity index (χ1) is 7.30. The molecule has 0 saturated carbocycles. The average Bonchev–Trinajstić information content (AvgIpc) is 2.31. The minimum Gasteiger partial charge on any atom is -0.394 e. The molecule has 0 fully saturated rings. The van der Waals surface area contributed by atoms with Crippen LogP contribution < -0.4 is 0 Å². The molecule has 0 unspecified atom stereocenters. The van der Waals surface area contributed by atoms with Crippen molar-refractivity contribution in [2.45, 2.75) is 19.3 Å². The predicted octanol–water partition coefficient (Wildman–Crippen LogP) is 0.0487. The van der Waals surface area contributed by atoms with E-state index in [-0.39, 0.29) is 19.8 Å². The molecule has 1 aromatic carbocycles. The van der Waals surface area contributed by atoms with Gasteiger partial charge in [0.25, 0.3) is 0 Å². The molecule has 0 heterocycles. The monoisotopic (exact) mass is 212 g/mol. The van der Waals surface area contributed by atoms with Gasteiger partial charge < -0.3 is 20.1 Å². The molecule has 0 amide bonds. The minimum absolute atomic E-state index is 0.0248. The molecule has 15 heavy (non-hydrogen) atoms. The van der Waals surface area contributed by atoms with Crippen LogP contribution in [0, 0.1) is 0 Å². The van der Waals surface area contributed by atoms with Gasteiger partial charge in [-0.15, -0.1) is 0 Å². The first kappa shape index (κ1) is 12.1. The van der Waals surface area contributed by atoms with E-state index in [1.807, 2.05) is 24.3 Å². The summed E-state index contributed by atoms with van der Waals surface area (Å²) in [6.45, 7) is -0.00894. The third-order valence-corrected chi connectivity index (χ3v) is 2.10. The van der Waals surface area contributed by atoms with Crippen molar-refractivity contribution in [3.05, 3.63) is 35.4 Å². The van der Waals surface area contributed by atoms with Crippen molar-refractivity contribution < 1.29 is 20.1 Å². The maximum absolute atomic E-state index is 8.83. The summed E-state index contributed by atoms with van der Waals surface area (Å²) in [6.07, 6.45) is -0.525.